The Morgan fingerprint density at radius 2 is 1.96 bits per heavy atom. The van der Waals surface area contributed by atoms with Gasteiger partial charge in [-0.05, 0) is 25.3 Å². The van der Waals surface area contributed by atoms with Crippen molar-refractivity contribution in [3.05, 3.63) is 30.0 Å². The summed E-state index contributed by atoms with van der Waals surface area (Å²) in [7, 11) is 3.92. The third kappa shape index (κ3) is 2.88. The van der Waals surface area contributed by atoms with Crippen LogP contribution in [0.2, 0.25) is 0 Å². The second-order valence-electron chi connectivity index (χ2n) is 6.90. The van der Waals surface area contributed by atoms with E-state index in [-0.39, 0.29) is 6.04 Å². The summed E-state index contributed by atoms with van der Waals surface area (Å²) < 4.78 is 3.76. The molecule has 0 spiro atoms. The third-order valence-electron chi connectivity index (χ3n) is 5.26. The molecule has 0 aromatic carbocycles. The summed E-state index contributed by atoms with van der Waals surface area (Å²) >= 11 is 0. The third-order valence-corrected chi connectivity index (χ3v) is 5.26. The van der Waals surface area contributed by atoms with Crippen LogP contribution >= 0.6 is 0 Å². The Hall–Kier alpha value is -2.44. The van der Waals surface area contributed by atoms with E-state index in [4.69, 9.17) is 9.97 Å². The zero-order valence-electron chi connectivity index (χ0n) is 15.1. The van der Waals surface area contributed by atoms with Gasteiger partial charge in [0.15, 0.2) is 5.65 Å². The van der Waals surface area contributed by atoms with Gasteiger partial charge in [-0.2, -0.15) is 10.2 Å². The molecule has 1 fully saturated rings. The molecule has 3 aromatic rings. The van der Waals surface area contributed by atoms with Gasteiger partial charge in [0, 0.05) is 26.2 Å². The summed E-state index contributed by atoms with van der Waals surface area (Å²) in [6.07, 6.45) is 9.54. The van der Waals surface area contributed by atoms with Crippen LogP contribution in [0.5, 0.6) is 0 Å². The molecule has 0 saturated heterocycles. The van der Waals surface area contributed by atoms with E-state index in [0.717, 1.165) is 34.8 Å². The molecule has 0 amide bonds. The lowest BCUT2D eigenvalue weighted by Crippen LogP contribution is -2.16. The summed E-state index contributed by atoms with van der Waals surface area (Å²) in [5.41, 5.74) is 2.06. The Balaban J connectivity index is 1.75. The van der Waals surface area contributed by atoms with Crippen molar-refractivity contribution < 1.29 is 0 Å². The first-order valence-electron chi connectivity index (χ1n) is 9.11. The van der Waals surface area contributed by atoms with Gasteiger partial charge in [0.1, 0.15) is 11.6 Å². The quantitative estimate of drug-likeness (QED) is 0.772. The van der Waals surface area contributed by atoms with Crippen molar-refractivity contribution in [3.8, 4) is 0 Å². The van der Waals surface area contributed by atoms with Gasteiger partial charge in [-0.3, -0.25) is 9.36 Å². The van der Waals surface area contributed by atoms with Crippen LogP contribution in [-0.4, -0.2) is 29.5 Å². The van der Waals surface area contributed by atoms with E-state index in [1.807, 2.05) is 35.9 Å². The minimum absolute atomic E-state index is 0.155. The number of anilines is 1. The van der Waals surface area contributed by atoms with Gasteiger partial charge in [-0.1, -0.05) is 19.8 Å². The van der Waals surface area contributed by atoms with E-state index in [0.29, 0.717) is 5.92 Å². The van der Waals surface area contributed by atoms with E-state index in [1.54, 1.807) is 0 Å². The van der Waals surface area contributed by atoms with Crippen LogP contribution in [0.4, 0.5) is 5.82 Å². The van der Waals surface area contributed by atoms with Gasteiger partial charge in [-0.15, -0.1) is 0 Å². The lowest BCUT2D eigenvalue weighted by atomic mass is 10.1. The minimum Gasteiger partial charge on any atom is -0.361 e. The molecular formula is C18H25N7. The Bertz CT molecular complexity index is 873. The fourth-order valence-corrected chi connectivity index (χ4v) is 3.79. The van der Waals surface area contributed by atoms with Crippen molar-refractivity contribution in [2.45, 2.75) is 51.0 Å². The van der Waals surface area contributed by atoms with E-state index >= 15 is 0 Å². The van der Waals surface area contributed by atoms with Crippen LogP contribution in [0.15, 0.2) is 18.5 Å². The fourth-order valence-electron chi connectivity index (χ4n) is 3.79. The van der Waals surface area contributed by atoms with Crippen molar-refractivity contribution in [1.29, 1.82) is 0 Å². The van der Waals surface area contributed by atoms with Gasteiger partial charge in [0.25, 0.3) is 0 Å². The maximum absolute atomic E-state index is 4.92. The first kappa shape index (κ1) is 16.1. The predicted molar refractivity (Wildman–Crippen MR) is 97.4 cm³/mol. The molecule has 1 unspecified atom stereocenters. The normalized spacial score (nSPS) is 16.6. The second kappa shape index (κ2) is 6.46. The summed E-state index contributed by atoms with van der Waals surface area (Å²) in [6.45, 7) is 2.17. The largest absolute Gasteiger partial charge is 0.361 e. The molecule has 1 N–H and O–H groups in total. The molecule has 0 aliphatic heterocycles. The van der Waals surface area contributed by atoms with E-state index < -0.39 is 0 Å². The van der Waals surface area contributed by atoms with Crippen LogP contribution in [0.1, 0.15) is 62.5 Å². The zero-order chi connectivity index (χ0) is 17.4. The van der Waals surface area contributed by atoms with Crippen LogP contribution in [-0.2, 0) is 14.1 Å². The average molecular weight is 339 g/mol. The lowest BCUT2D eigenvalue weighted by molar-refractivity contribution is 0.628. The molecule has 0 radical (unpaired) electrons. The molecule has 1 saturated carbocycles. The molecule has 25 heavy (non-hydrogen) atoms. The second-order valence-corrected chi connectivity index (χ2v) is 6.90. The average Bonchev–Trinajstić information content (AvgIpc) is 3.35. The highest BCUT2D eigenvalue weighted by Crippen LogP contribution is 2.34. The topological polar surface area (TPSA) is 73.5 Å². The van der Waals surface area contributed by atoms with Crippen molar-refractivity contribution in [3.63, 3.8) is 0 Å². The van der Waals surface area contributed by atoms with Crippen molar-refractivity contribution in [1.82, 2.24) is 29.5 Å². The van der Waals surface area contributed by atoms with Gasteiger partial charge in [0.2, 0.25) is 0 Å². The number of aryl methyl sites for hydroxylation is 2. The van der Waals surface area contributed by atoms with Gasteiger partial charge in [0.05, 0.1) is 23.3 Å². The molecule has 3 aromatic heterocycles. The lowest BCUT2D eigenvalue weighted by Gasteiger charge is -2.19. The fraction of sp³-hybridized carbons (Fsp3) is 0.556. The molecule has 1 atom stereocenters. The van der Waals surface area contributed by atoms with Crippen molar-refractivity contribution in [2.75, 3.05) is 5.32 Å². The summed E-state index contributed by atoms with van der Waals surface area (Å²) in [5.74, 6) is 2.31. The SMILES string of the molecule is CCC(Nc1nc(C2CCCC2)nc2c1cnn2C)c1ccnn1C. The molecule has 1 aliphatic rings. The summed E-state index contributed by atoms with van der Waals surface area (Å²) in [5, 5.41) is 13.3. The maximum Gasteiger partial charge on any atom is 0.163 e. The van der Waals surface area contributed by atoms with Gasteiger partial charge in [-0.25, -0.2) is 9.97 Å². The monoisotopic (exact) mass is 339 g/mol. The highest BCUT2D eigenvalue weighted by atomic mass is 15.3. The molecule has 4 rings (SSSR count). The molecule has 0 bridgehead atoms. The number of aromatic nitrogens is 6. The predicted octanol–water partition coefficient (Wildman–Crippen LogP) is 3.32. The van der Waals surface area contributed by atoms with E-state index in [1.165, 1.54) is 25.7 Å². The number of fused-ring (bicyclic) bond motifs is 1. The number of nitrogens with one attached hydrogen (secondary N) is 1. The van der Waals surface area contributed by atoms with Crippen LogP contribution in [0.3, 0.4) is 0 Å². The minimum atomic E-state index is 0.155. The number of nitrogens with zero attached hydrogens (tertiary/aromatic N) is 6. The standard InChI is InChI=1S/C18H25N7/c1-4-14(15-9-10-19-24(15)2)21-17-13-11-20-25(3)18(13)23-16(22-17)12-7-5-6-8-12/h9-12,14H,4-8H2,1-3H3,(H,21,22,23). The summed E-state index contributed by atoms with van der Waals surface area (Å²) in [4.78, 5) is 9.74. The maximum atomic E-state index is 4.92. The number of rotatable bonds is 5. The van der Waals surface area contributed by atoms with Crippen LogP contribution < -0.4 is 5.32 Å². The van der Waals surface area contributed by atoms with Crippen molar-refractivity contribution in [2.24, 2.45) is 14.1 Å². The van der Waals surface area contributed by atoms with E-state index in [9.17, 15) is 0 Å². The Morgan fingerprint density at radius 1 is 1.16 bits per heavy atom. The highest BCUT2D eigenvalue weighted by Gasteiger charge is 2.23. The Kier molecular flexibility index (Phi) is 4.15. The van der Waals surface area contributed by atoms with Gasteiger partial charge < -0.3 is 5.32 Å². The zero-order valence-corrected chi connectivity index (χ0v) is 15.1. The first-order valence-corrected chi connectivity index (χ1v) is 9.11. The Morgan fingerprint density at radius 3 is 2.64 bits per heavy atom. The smallest absolute Gasteiger partial charge is 0.163 e. The highest BCUT2D eigenvalue weighted by molar-refractivity contribution is 5.86. The molecular weight excluding hydrogens is 314 g/mol. The Labute approximate surface area is 147 Å². The molecule has 1 aliphatic carbocycles. The number of hydrogen-bond donors (Lipinski definition) is 1. The molecule has 7 heteroatoms. The van der Waals surface area contributed by atoms with Crippen LogP contribution in [0.25, 0.3) is 11.0 Å². The number of hydrogen-bond acceptors (Lipinski definition) is 5. The van der Waals surface area contributed by atoms with Gasteiger partial charge >= 0.3 is 0 Å². The first-order chi connectivity index (χ1) is 12.2. The van der Waals surface area contributed by atoms with Crippen molar-refractivity contribution >= 4 is 16.9 Å². The molecule has 132 valence electrons. The summed E-state index contributed by atoms with van der Waals surface area (Å²) in [6, 6.07) is 2.21. The van der Waals surface area contributed by atoms with Crippen LogP contribution in [0, 0.1) is 0 Å². The molecule has 3 heterocycles. The van der Waals surface area contributed by atoms with E-state index in [2.05, 4.69) is 28.5 Å². The molecule has 7 nitrogen and oxygen atoms in total.